The van der Waals surface area contributed by atoms with Crippen molar-refractivity contribution in [3.63, 3.8) is 0 Å². The zero-order valence-corrected chi connectivity index (χ0v) is 9.66. The number of aliphatic hydroxyl groups excluding tert-OH is 1. The van der Waals surface area contributed by atoms with Crippen LogP contribution in [-0.2, 0) is 0 Å². The third-order valence-electron chi connectivity index (χ3n) is 2.26. The zero-order chi connectivity index (χ0) is 13.7. The molecule has 0 fully saturated rings. The number of nitrogens with zero attached hydrogens (tertiary/aromatic N) is 2. The number of aromatic nitrogens is 1. The summed E-state index contributed by atoms with van der Waals surface area (Å²) in [7, 11) is 0. The van der Waals surface area contributed by atoms with Crippen LogP contribution in [0.15, 0.2) is 12.3 Å². The number of hydrogen-bond acceptors (Lipinski definition) is 6. The fraction of sp³-hybridized carbons (Fsp3) is 0.400. The molecule has 1 atom stereocenters. The van der Waals surface area contributed by atoms with E-state index in [0.29, 0.717) is 6.54 Å². The molecule has 8 nitrogen and oxygen atoms in total. The molecule has 0 saturated heterocycles. The summed E-state index contributed by atoms with van der Waals surface area (Å²) in [4.78, 5) is 24.2. The van der Waals surface area contributed by atoms with Crippen molar-refractivity contribution in [2.45, 2.75) is 6.92 Å². The van der Waals surface area contributed by atoms with Gasteiger partial charge < -0.3 is 25.6 Å². The third kappa shape index (κ3) is 3.39. The van der Waals surface area contributed by atoms with Gasteiger partial charge in [-0.25, -0.2) is 4.79 Å². The second kappa shape index (κ2) is 5.92. The number of nitro groups is 1. The van der Waals surface area contributed by atoms with Crippen LogP contribution in [0.4, 0.5) is 11.5 Å². The highest BCUT2D eigenvalue weighted by Crippen LogP contribution is 2.19. The van der Waals surface area contributed by atoms with E-state index in [-0.39, 0.29) is 23.8 Å². The van der Waals surface area contributed by atoms with E-state index in [1.807, 2.05) is 0 Å². The number of hydrogen-bond donors (Lipinski definition) is 3. The van der Waals surface area contributed by atoms with Crippen molar-refractivity contribution in [2.75, 3.05) is 18.5 Å². The molecule has 0 radical (unpaired) electrons. The molecule has 98 valence electrons. The molecule has 1 heterocycles. The first-order valence-electron chi connectivity index (χ1n) is 5.18. The zero-order valence-electron chi connectivity index (χ0n) is 9.66. The highest BCUT2D eigenvalue weighted by atomic mass is 16.6. The molecular weight excluding hydrogens is 242 g/mol. The van der Waals surface area contributed by atoms with Crippen LogP contribution in [0.5, 0.6) is 0 Å². The number of rotatable bonds is 6. The Morgan fingerprint density at radius 1 is 1.67 bits per heavy atom. The standard InChI is InChI=1S/C10H13N3O5/c1-6(5-14)3-11-8-4-12-9(13(17)18)2-7(8)10(15)16/h2,4,6,11,14H,3,5H2,1H3,(H,15,16). The summed E-state index contributed by atoms with van der Waals surface area (Å²) in [5, 5.41) is 31.1. The van der Waals surface area contributed by atoms with Gasteiger partial charge in [-0.05, 0) is 15.8 Å². The maximum Gasteiger partial charge on any atom is 0.364 e. The second-order valence-corrected chi connectivity index (χ2v) is 3.82. The molecular formula is C10H13N3O5. The first-order valence-corrected chi connectivity index (χ1v) is 5.18. The number of pyridine rings is 1. The van der Waals surface area contributed by atoms with E-state index in [1.165, 1.54) is 0 Å². The van der Waals surface area contributed by atoms with Gasteiger partial charge in [0.05, 0.1) is 17.3 Å². The van der Waals surface area contributed by atoms with Gasteiger partial charge in [0.1, 0.15) is 0 Å². The van der Waals surface area contributed by atoms with Gasteiger partial charge in [0, 0.05) is 13.2 Å². The van der Waals surface area contributed by atoms with E-state index in [4.69, 9.17) is 10.2 Å². The van der Waals surface area contributed by atoms with Crippen molar-refractivity contribution < 1.29 is 19.9 Å². The van der Waals surface area contributed by atoms with E-state index in [0.717, 1.165) is 12.3 Å². The first-order chi connectivity index (χ1) is 8.45. The summed E-state index contributed by atoms with van der Waals surface area (Å²) in [6.07, 6.45) is 1.10. The number of carboxylic acid groups (broad SMARTS) is 1. The molecule has 1 aromatic rings. The lowest BCUT2D eigenvalue weighted by Crippen LogP contribution is -2.16. The minimum atomic E-state index is -1.28. The van der Waals surface area contributed by atoms with Crippen LogP contribution < -0.4 is 5.32 Å². The van der Waals surface area contributed by atoms with Crippen molar-refractivity contribution in [1.82, 2.24) is 4.98 Å². The SMILES string of the molecule is CC(CO)CNc1cnc([N+](=O)[O-])cc1C(=O)O. The van der Waals surface area contributed by atoms with Gasteiger partial charge in [0.2, 0.25) is 0 Å². The van der Waals surface area contributed by atoms with Gasteiger partial charge in [0.15, 0.2) is 6.20 Å². The Kier molecular flexibility index (Phi) is 4.55. The lowest BCUT2D eigenvalue weighted by Gasteiger charge is -2.11. The molecule has 3 N–H and O–H groups in total. The Bertz CT molecular complexity index is 463. The number of nitrogens with one attached hydrogen (secondary N) is 1. The Morgan fingerprint density at radius 3 is 2.83 bits per heavy atom. The van der Waals surface area contributed by atoms with E-state index in [2.05, 4.69) is 10.3 Å². The average Bonchev–Trinajstić information content (AvgIpc) is 2.35. The molecule has 0 aliphatic carbocycles. The molecule has 0 saturated carbocycles. The molecule has 1 unspecified atom stereocenters. The van der Waals surface area contributed by atoms with Gasteiger partial charge >= 0.3 is 11.8 Å². The average molecular weight is 255 g/mol. The number of carbonyl (C=O) groups is 1. The van der Waals surface area contributed by atoms with E-state index >= 15 is 0 Å². The third-order valence-corrected chi connectivity index (χ3v) is 2.26. The minimum absolute atomic E-state index is 0.0458. The van der Waals surface area contributed by atoms with E-state index in [9.17, 15) is 14.9 Å². The van der Waals surface area contributed by atoms with Crippen molar-refractivity contribution in [3.8, 4) is 0 Å². The fourth-order valence-corrected chi connectivity index (χ4v) is 1.21. The molecule has 1 rings (SSSR count). The predicted octanol–water partition coefficient (Wildman–Crippen LogP) is 0.728. The van der Waals surface area contributed by atoms with Gasteiger partial charge in [-0.3, -0.25) is 0 Å². The van der Waals surface area contributed by atoms with E-state index in [1.54, 1.807) is 6.92 Å². The van der Waals surface area contributed by atoms with Gasteiger partial charge in [0.25, 0.3) is 0 Å². The van der Waals surface area contributed by atoms with Crippen LogP contribution in [0.25, 0.3) is 0 Å². The number of anilines is 1. The Morgan fingerprint density at radius 2 is 2.33 bits per heavy atom. The highest BCUT2D eigenvalue weighted by Gasteiger charge is 2.18. The first kappa shape index (κ1) is 13.8. The summed E-state index contributed by atoms with van der Waals surface area (Å²) in [6.45, 7) is 2.07. The van der Waals surface area contributed by atoms with Crippen molar-refractivity contribution >= 4 is 17.5 Å². The number of aromatic carboxylic acids is 1. The Hall–Kier alpha value is -2.22. The number of aliphatic hydroxyl groups is 1. The molecule has 8 heteroatoms. The summed E-state index contributed by atoms with van der Waals surface area (Å²) >= 11 is 0. The summed E-state index contributed by atoms with van der Waals surface area (Å²) in [5.74, 6) is -1.87. The monoisotopic (exact) mass is 255 g/mol. The van der Waals surface area contributed by atoms with Crippen LogP contribution >= 0.6 is 0 Å². The normalized spacial score (nSPS) is 11.9. The molecule has 18 heavy (non-hydrogen) atoms. The quantitative estimate of drug-likeness (QED) is 0.505. The minimum Gasteiger partial charge on any atom is -0.478 e. The van der Waals surface area contributed by atoms with Crippen LogP contribution in [0.3, 0.4) is 0 Å². The largest absolute Gasteiger partial charge is 0.478 e. The van der Waals surface area contributed by atoms with Crippen LogP contribution in [-0.4, -0.2) is 39.2 Å². The highest BCUT2D eigenvalue weighted by molar-refractivity contribution is 5.94. The fourth-order valence-electron chi connectivity index (χ4n) is 1.21. The van der Waals surface area contributed by atoms with E-state index < -0.39 is 16.7 Å². The molecule has 1 aromatic heterocycles. The topological polar surface area (TPSA) is 126 Å². The summed E-state index contributed by atoms with van der Waals surface area (Å²) in [5.41, 5.74) is -0.0322. The maximum atomic E-state index is 11.0. The molecule has 0 aromatic carbocycles. The lowest BCUT2D eigenvalue weighted by atomic mass is 10.1. The lowest BCUT2D eigenvalue weighted by molar-refractivity contribution is -0.389. The molecule has 0 bridgehead atoms. The van der Waals surface area contributed by atoms with Crippen LogP contribution in [0.1, 0.15) is 17.3 Å². The smallest absolute Gasteiger partial charge is 0.364 e. The number of carboxylic acids is 1. The van der Waals surface area contributed by atoms with Crippen LogP contribution in [0.2, 0.25) is 0 Å². The summed E-state index contributed by atoms with van der Waals surface area (Å²) in [6, 6.07) is 0.897. The van der Waals surface area contributed by atoms with Crippen LogP contribution in [0, 0.1) is 16.0 Å². The second-order valence-electron chi connectivity index (χ2n) is 3.82. The molecule has 0 aliphatic heterocycles. The van der Waals surface area contributed by atoms with Crippen molar-refractivity contribution in [1.29, 1.82) is 0 Å². The van der Waals surface area contributed by atoms with Crippen molar-refractivity contribution in [3.05, 3.63) is 27.9 Å². The predicted molar refractivity (Wildman–Crippen MR) is 62.6 cm³/mol. The molecule has 0 amide bonds. The van der Waals surface area contributed by atoms with Gasteiger partial charge in [-0.1, -0.05) is 6.92 Å². The van der Waals surface area contributed by atoms with Gasteiger partial charge in [-0.15, -0.1) is 0 Å². The Labute approximate surface area is 102 Å². The van der Waals surface area contributed by atoms with Crippen molar-refractivity contribution in [2.24, 2.45) is 5.92 Å². The molecule has 0 spiro atoms. The molecule has 0 aliphatic rings. The van der Waals surface area contributed by atoms with Gasteiger partial charge in [-0.2, -0.15) is 0 Å². The Balaban J connectivity index is 2.97. The maximum absolute atomic E-state index is 11.0. The summed E-state index contributed by atoms with van der Waals surface area (Å²) < 4.78 is 0.